The average Bonchev–Trinajstić information content (AvgIpc) is 3.43. The van der Waals surface area contributed by atoms with Crippen molar-refractivity contribution in [3.8, 4) is 0 Å². The Kier molecular flexibility index (Phi) is 9.80. The van der Waals surface area contributed by atoms with Gasteiger partial charge in [0.15, 0.2) is 11.3 Å². The number of hydrogen-bond donors (Lipinski definition) is 1. The molecule has 6 heterocycles. The zero-order chi connectivity index (χ0) is 29.9. The van der Waals surface area contributed by atoms with Crippen LogP contribution in [0.15, 0.2) is 22.0 Å². The van der Waals surface area contributed by atoms with Gasteiger partial charge in [-0.25, -0.2) is 19.6 Å². The first-order chi connectivity index (χ1) is 20.1. The number of nitrogens with zero attached hydrogens (tertiary/aromatic N) is 7. The maximum absolute atomic E-state index is 13.0. The third-order valence-corrected chi connectivity index (χ3v) is 9.50. The van der Waals surface area contributed by atoms with E-state index in [9.17, 15) is 9.59 Å². The largest absolute Gasteiger partial charge is 0.381 e. The van der Waals surface area contributed by atoms with Crippen molar-refractivity contribution in [2.45, 2.75) is 70.2 Å². The monoisotopic (exact) mass is 638 g/mol. The number of hydrogen-bond acceptors (Lipinski definition) is 9. The fraction of sp³-hybridized carbons (Fsp3) is 0.615. The predicted molar refractivity (Wildman–Crippen MR) is 162 cm³/mol. The third kappa shape index (κ3) is 7.11. The van der Waals surface area contributed by atoms with Gasteiger partial charge in [0.25, 0.3) is 0 Å². The first-order valence-electron chi connectivity index (χ1n) is 14.1. The van der Waals surface area contributed by atoms with E-state index < -0.39 is 8.07 Å². The lowest BCUT2D eigenvalue weighted by atomic mass is 10.1. The molecule has 0 aliphatic carbocycles. The van der Waals surface area contributed by atoms with Crippen molar-refractivity contribution >= 4 is 53.6 Å². The second kappa shape index (κ2) is 13.3. The SMILES string of the molecule is C[Si](C)(C)CCOCn1c(=O)n(C2CCOCC2)c2nc(Cl)ncc21.O=c1[nH]c2cnc(Cl)nc2n1C1CCOCC1. The van der Waals surface area contributed by atoms with Crippen molar-refractivity contribution in [2.24, 2.45) is 0 Å². The summed E-state index contributed by atoms with van der Waals surface area (Å²) >= 11 is 11.7. The summed E-state index contributed by atoms with van der Waals surface area (Å²) in [5.74, 6) is 0. The quantitative estimate of drug-likeness (QED) is 0.180. The standard InChI is InChI=1S/C16H25ClN4O3Si.C10H11ClN4O2/c1-25(2,3)9-8-24-11-20-13-10-18-15(17)19-14(13)21(16(20)22)12-4-6-23-7-5-12;11-9-12-5-7-8(14-9)15(10(16)13-7)6-1-3-17-4-2-6/h10,12H,4-9,11H2,1-3H3;5-6H,1-4H2,(H,13,16). The molecule has 0 radical (unpaired) electrons. The number of rotatable bonds is 7. The summed E-state index contributed by atoms with van der Waals surface area (Å²) in [6.45, 7) is 10.4. The fourth-order valence-electron chi connectivity index (χ4n) is 5.15. The number of imidazole rings is 2. The van der Waals surface area contributed by atoms with Gasteiger partial charge in [0.2, 0.25) is 10.6 Å². The van der Waals surface area contributed by atoms with Crippen molar-refractivity contribution in [3.63, 3.8) is 0 Å². The summed E-state index contributed by atoms with van der Waals surface area (Å²) in [6, 6.07) is 1.25. The van der Waals surface area contributed by atoms with Gasteiger partial charge in [-0.3, -0.25) is 13.7 Å². The normalized spacial score (nSPS) is 17.1. The molecule has 0 amide bonds. The Morgan fingerprint density at radius 2 is 1.48 bits per heavy atom. The minimum absolute atomic E-state index is 0.0675. The topological polar surface area (TPSA) is 144 Å². The minimum Gasteiger partial charge on any atom is -0.381 e. The van der Waals surface area contributed by atoms with Crippen LogP contribution >= 0.6 is 23.2 Å². The predicted octanol–water partition coefficient (Wildman–Crippen LogP) is 4.03. The van der Waals surface area contributed by atoms with Crippen molar-refractivity contribution in [2.75, 3.05) is 33.0 Å². The molecule has 0 bridgehead atoms. The van der Waals surface area contributed by atoms with Gasteiger partial charge in [-0.05, 0) is 54.9 Å². The summed E-state index contributed by atoms with van der Waals surface area (Å²) in [5, 5.41) is 0.294. The van der Waals surface area contributed by atoms with E-state index in [1.165, 1.54) is 6.20 Å². The van der Waals surface area contributed by atoms with E-state index in [0.29, 0.717) is 55.4 Å². The van der Waals surface area contributed by atoms with E-state index in [1.807, 2.05) is 0 Å². The van der Waals surface area contributed by atoms with Crippen LogP contribution in [0.1, 0.15) is 37.8 Å². The molecule has 0 atom stereocenters. The number of aromatic nitrogens is 8. The Labute approximate surface area is 253 Å². The zero-order valence-electron chi connectivity index (χ0n) is 24.0. The van der Waals surface area contributed by atoms with Crippen LogP contribution in [-0.2, 0) is 20.9 Å². The van der Waals surface area contributed by atoms with Crippen LogP contribution in [0.4, 0.5) is 0 Å². The number of fused-ring (bicyclic) bond motifs is 2. The molecule has 16 heteroatoms. The van der Waals surface area contributed by atoms with Crippen LogP contribution in [0.25, 0.3) is 22.3 Å². The molecule has 2 saturated heterocycles. The summed E-state index contributed by atoms with van der Waals surface area (Å²) in [6.07, 6.45) is 6.34. The highest BCUT2D eigenvalue weighted by Gasteiger charge is 2.25. The lowest BCUT2D eigenvalue weighted by Crippen LogP contribution is -2.31. The number of aromatic amines is 1. The van der Waals surface area contributed by atoms with Crippen LogP contribution in [0.3, 0.4) is 0 Å². The number of H-pyrrole nitrogens is 1. The molecule has 228 valence electrons. The lowest BCUT2D eigenvalue weighted by Gasteiger charge is -2.22. The van der Waals surface area contributed by atoms with E-state index in [0.717, 1.165) is 31.7 Å². The van der Waals surface area contributed by atoms with Crippen molar-refractivity contribution < 1.29 is 14.2 Å². The van der Waals surface area contributed by atoms with Gasteiger partial charge >= 0.3 is 11.4 Å². The van der Waals surface area contributed by atoms with Gasteiger partial charge in [-0.2, -0.15) is 9.97 Å². The Hall–Kier alpha value is -2.62. The second-order valence-electron chi connectivity index (χ2n) is 11.6. The average molecular weight is 640 g/mol. The van der Waals surface area contributed by atoms with Gasteiger partial charge in [-0.15, -0.1) is 0 Å². The molecular formula is C26H36Cl2N8O5Si. The molecule has 0 saturated carbocycles. The van der Waals surface area contributed by atoms with Gasteiger partial charge in [-0.1, -0.05) is 19.6 Å². The zero-order valence-corrected chi connectivity index (χ0v) is 26.5. The van der Waals surface area contributed by atoms with Crippen molar-refractivity contribution in [3.05, 3.63) is 43.9 Å². The van der Waals surface area contributed by atoms with Crippen LogP contribution in [0.2, 0.25) is 36.3 Å². The first-order valence-corrected chi connectivity index (χ1v) is 18.6. The van der Waals surface area contributed by atoms with E-state index in [-0.39, 0.29) is 40.8 Å². The highest BCUT2D eigenvalue weighted by molar-refractivity contribution is 6.76. The number of halogens is 2. The Morgan fingerprint density at radius 1 is 0.905 bits per heavy atom. The smallest absolute Gasteiger partial charge is 0.332 e. The fourth-order valence-corrected chi connectivity index (χ4v) is 6.16. The molecule has 0 aromatic carbocycles. The molecular weight excluding hydrogens is 603 g/mol. The molecule has 2 aliphatic rings. The number of nitrogens with one attached hydrogen (secondary N) is 1. The molecule has 6 rings (SSSR count). The van der Waals surface area contributed by atoms with Gasteiger partial charge in [0.1, 0.15) is 17.8 Å². The van der Waals surface area contributed by atoms with Crippen LogP contribution in [-0.4, -0.2) is 79.7 Å². The summed E-state index contributed by atoms with van der Waals surface area (Å²) in [5.41, 5.74) is 2.14. The Morgan fingerprint density at radius 3 is 2.10 bits per heavy atom. The van der Waals surface area contributed by atoms with Crippen molar-refractivity contribution in [1.29, 1.82) is 0 Å². The molecule has 0 unspecified atom stereocenters. The lowest BCUT2D eigenvalue weighted by molar-refractivity contribution is 0.0669. The Balaban J connectivity index is 0.000000180. The van der Waals surface area contributed by atoms with Gasteiger partial charge in [0, 0.05) is 53.2 Å². The van der Waals surface area contributed by atoms with E-state index in [1.54, 1.807) is 19.9 Å². The third-order valence-electron chi connectivity index (χ3n) is 7.43. The molecule has 4 aromatic heterocycles. The highest BCUT2D eigenvalue weighted by atomic mass is 35.5. The Bertz CT molecular complexity index is 1630. The summed E-state index contributed by atoms with van der Waals surface area (Å²) in [4.78, 5) is 44.0. The molecule has 4 aromatic rings. The molecule has 42 heavy (non-hydrogen) atoms. The van der Waals surface area contributed by atoms with E-state index >= 15 is 0 Å². The van der Waals surface area contributed by atoms with E-state index in [2.05, 4.69) is 44.6 Å². The van der Waals surface area contributed by atoms with Crippen LogP contribution in [0.5, 0.6) is 0 Å². The maximum atomic E-state index is 13.0. The van der Waals surface area contributed by atoms with E-state index in [4.69, 9.17) is 37.4 Å². The second-order valence-corrected chi connectivity index (χ2v) is 17.9. The summed E-state index contributed by atoms with van der Waals surface area (Å²) in [7, 11) is -1.17. The van der Waals surface area contributed by atoms with Crippen LogP contribution in [0, 0.1) is 0 Å². The molecule has 13 nitrogen and oxygen atoms in total. The molecule has 1 N–H and O–H groups in total. The van der Waals surface area contributed by atoms with Crippen molar-refractivity contribution in [1.82, 2.24) is 38.6 Å². The molecule has 0 spiro atoms. The highest BCUT2D eigenvalue weighted by Crippen LogP contribution is 2.25. The summed E-state index contributed by atoms with van der Waals surface area (Å²) < 4.78 is 21.5. The van der Waals surface area contributed by atoms with Gasteiger partial charge in [0.05, 0.1) is 12.4 Å². The first kappa shape index (κ1) is 30.8. The number of ether oxygens (including phenoxy) is 3. The van der Waals surface area contributed by atoms with Gasteiger partial charge < -0.3 is 19.2 Å². The molecule has 2 aliphatic heterocycles. The molecule has 2 fully saturated rings. The van der Waals surface area contributed by atoms with Crippen LogP contribution < -0.4 is 11.4 Å². The minimum atomic E-state index is -1.17. The maximum Gasteiger partial charge on any atom is 0.332 e.